The quantitative estimate of drug-likeness (QED) is 0.404. The fraction of sp³-hybridized carbons (Fsp3) is 0.192. The van der Waals surface area contributed by atoms with Gasteiger partial charge in [0.05, 0.1) is 16.5 Å². The van der Waals surface area contributed by atoms with Crippen LogP contribution in [0.5, 0.6) is 17.2 Å². The third-order valence-electron chi connectivity index (χ3n) is 6.57. The summed E-state index contributed by atoms with van der Waals surface area (Å²) in [5, 5.41) is 15.7. The number of alkyl halides is 2. The number of hydrogen-bond donors (Lipinski definition) is 1. The number of carbonyl (C=O) groups is 1. The molecule has 1 fully saturated rings. The van der Waals surface area contributed by atoms with Crippen molar-refractivity contribution in [2.45, 2.75) is 31.1 Å². The predicted molar refractivity (Wildman–Crippen MR) is 127 cm³/mol. The molecule has 0 amide bonds. The third-order valence-corrected chi connectivity index (χ3v) is 6.81. The van der Waals surface area contributed by atoms with Gasteiger partial charge in [0.25, 0.3) is 5.56 Å². The number of aromatic nitrogens is 2. The minimum Gasteiger partial charge on any atom is -0.508 e. The number of nitrogens with zero attached hydrogens (tertiary/aromatic N) is 2. The molecule has 0 atom stereocenters. The fourth-order valence-corrected chi connectivity index (χ4v) is 4.81. The van der Waals surface area contributed by atoms with Crippen molar-refractivity contribution in [2.24, 2.45) is 0 Å². The molecule has 0 bridgehead atoms. The highest BCUT2D eigenvalue weighted by atomic mass is 35.5. The Balaban J connectivity index is 1.40. The molecule has 4 aromatic rings. The molecular weight excluding hydrogens is 494 g/mol. The number of phenols is 1. The highest BCUT2D eigenvalue weighted by Crippen LogP contribution is 2.52. The van der Waals surface area contributed by atoms with Crippen LogP contribution in [0.1, 0.15) is 18.4 Å². The van der Waals surface area contributed by atoms with Gasteiger partial charge in [-0.2, -0.15) is 5.10 Å². The summed E-state index contributed by atoms with van der Waals surface area (Å²) >= 11 is 6.16. The van der Waals surface area contributed by atoms with Crippen LogP contribution < -0.4 is 15.0 Å². The number of ketones is 1. The van der Waals surface area contributed by atoms with E-state index in [1.54, 1.807) is 36.4 Å². The van der Waals surface area contributed by atoms with Crippen LogP contribution in [-0.4, -0.2) is 27.0 Å². The summed E-state index contributed by atoms with van der Waals surface area (Å²) in [4.78, 5) is 26.8. The minimum atomic E-state index is -3.76. The molecule has 36 heavy (non-hydrogen) atoms. The van der Waals surface area contributed by atoms with Gasteiger partial charge in [-0.1, -0.05) is 29.8 Å². The van der Waals surface area contributed by atoms with Crippen LogP contribution in [0.2, 0.25) is 5.02 Å². The van der Waals surface area contributed by atoms with E-state index in [1.165, 1.54) is 24.3 Å². The monoisotopic (exact) mass is 510 g/mol. The van der Waals surface area contributed by atoms with Crippen molar-refractivity contribution < 1.29 is 28.2 Å². The first-order valence-electron chi connectivity index (χ1n) is 11.1. The maximum Gasteiger partial charge on any atom is 0.586 e. The van der Waals surface area contributed by atoms with Crippen LogP contribution in [0.25, 0.3) is 22.0 Å². The summed E-state index contributed by atoms with van der Waals surface area (Å²) in [5.41, 5.74) is 0.0871. The van der Waals surface area contributed by atoms with Gasteiger partial charge in [0.1, 0.15) is 12.3 Å². The van der Waals surface area contributed by atoms with Gasteiger partial charge in [0, 0.05) is 16.0 Å². The number of fused-ring (bicyclic) bond motifs is 2. The second kappa shape index (κ2) is 7.76. The topological polar surface area (TPSA) is 90.7 Å². The smallest absolute Gasteiger partial charge is 0.508 e. The van der Waals surface area contributed by atoms with Gasteiger partial charge in [-0.3, -0.25) is 9.59 Å². The second-order valence-electron chi connectivity index (χ2n) is 8.89. The molecule has 6 rings (SSSR count). The van der Waals surface area contributed by atoms with E-state index in [0.717, 1.165) is 4.68 Å². The van der Waals surface area contributed by atoms with Crippen LogP contribution in [-0.2, 0) is 16.8 Å². The Hall–Kier alpha value is -3.98. The van der Waals surface area contributed by atoms with Crippen molar-refractivity contribution in [2.75, 3.05) is 0 Å². The Morgan fingerprint density at radius 2 is 1.81 bits per heavy atom. The van der Waals surface area contributed by atoms with E-state index < -0.39 is 17.3 Å². The Bertz CT molecular complexity index is 1630. The Morgan fingerprint density at radius 1 is 1.03 bits per heavy atom. The fourth-order valence-electron chi connectivity index (χ4n) is 4.62. The molecular formula is C26H17ClF2N2O5. The van der Waals surface area contributed by atoms with Gasteiger partial charge in [-0.25, -0.2) is 4.68 Å². The normalized spacial score (nSPS) is 16.8. The number of Topliss-reactive ketones (excluding diaryl/α,β-unsaturated/α-hetero) is 1. The zero-order valence-electron chi connectivity index (χ0n) is 18.5. The van der Waals surface area contributed by atoms with Gasteiger partial charge in [-0.15, -0.1) is 8.78 Å². The van der Waals surface area contributed by atoms with Crippen LogP contribution in [0, 0.1) is 0 Å². The summed E-state index contributed by atoms with van der Waals surface area (Å²) in [5.74, 6) is -0.641. The van der Waals surface area contributed by atoms with Gasteiger partial charge in [0.15, 0.2) is 17.3 Å². The average molecular weight is 511 g/mol. The predicted octanol–water partition coefficient (Wildman–Crippen LogP) is 5.04. The van der Waals surface area contributed by atoms with Crippen molar-refractivity contribution >= 4 is 28.2 Å². The number of rotatable bonds is 5. The maximum atomic E-state index is 13.5. The van der Waals surface area contributed by atoms with Crippen LogP contribution in [0.15, 0.2) is 65.5 Å². The lowest BCUT2D eigenvalue weighted by molar-refractivity contribution is -0.286. The highest BCUT2D eigenvalue weighted by molar-refractivity contribution is 6.30. The van der Waals surface area contributed by atoms with Crippen molar-refractivity contribution in [3.8, 4) is 28.5 Å². The largest absolute Gasteiger partial charge is 0.586 e. The lowest BCUT2D eigenvalue weighted by Crippen LogP contribution is -2.32. The van der Waals surface area contributed by atoms with E-state index in [2.05, 4.69) is 14.6 Å². The Kier molecular flexibility index (Phi) is 4.85. The molecule has 2 heterocycles. The van der Waals surface area contributed by atoms with Crippen LogP contribution in [0.4, 0.5) is 8.78 Å². The summed E-state index contributed by atoms with van der Waals surface area (Å²) in [6.07, 6.45) is -2.77. The minimum absolute atomic E-state index is 0.100. The molecule has 0 saturated heterocycles. The number of hydrogen-bond acceptors (Lipinski definition) is 6. The van der Waals surface area contributed by atoms with Crippen molar-refractivity contribution in [3.63, 3.8) is 0 Å². The first-order valence-corrected chi connectivity index (χ1v) is 11.5. The molecule has 2 aliphatic rings. The lowest BCUT2D eigenvalue weighted by atomic mass is 9.91. The van der Waals surface area contributed by atoms with Crippen molar-refractivity contribution in [1.29, 1.82) is 0 Å². The molecule has 1 saturated carbocycles. The molecule has 182 valence electrons. The number of ether oxygens (including phenoxy) is 2. The molecule has 1 aromatic heterocycles. The highest BCUT2D eigenvalue weighted by Gasteiger charge is 2.52. The van der Waals surface area contributed by atoms with E-state index in [-0.39, 0.29) is 35.0 Å². The standard InChI is InChI=1S/C26H17ClF2N2O5/c27-16-3-1-2-14(10-16)23-18-6-5-17(32)12-19(18)24(34)31(30-23)13-22(33)25(8-9-25)15-4-7-20-21(11-15)36-26(28,29)35-20/h1-7,10-12,32H,8-9,13H2. The average Bonchev–Trinajstić information content (AvgIpc) is 3.58. The van der Waals surface area contributed by atoms with Gasteiger partial charge in [0.2, 0.25) is 0 Å². The zero-order valence-corrected chi connectivity index (χ0v) is 19.3. The van der Waals surface area contributed by atoms with E-state index >= 15 is 0 Å². The molecule has 1 aliphatic heterocycles. The molecule has 10 heteroatoms. The number of carbonyl (C=O) groups excluding carboxylic acids is 1. The zero-order chi connectivity index (χ0) is 25.2. The first-order chi connectivity index (χ1) is 17.1. The van der Waals surface area contributed by atoms with E-state index in [0.29, 0.717) is 40.1 Å². The van der Waals surface area contributed by atoms with Gasteiger partial charge < -0.3 is 14.6 Å². The molecule has 0 unspecified atom stereocenters. The molecule has 7 nitrogen and oxygen atoms in total. The second-order valence-corrected chi connectivity index (χ2v) is 9.32. The lowest BCUT2D eigenvalue weighted by Gasteiger charge is -2.17. The Morgan fingerprint density at radius 3 is 2.56 bits per heavy atom. The SMILES string of the molecule is O=C(Cn1nc(-c2cccc(Cl)c2)c2ccc(O)cc2c1=O)C1(c2ccc3c(c2)OC(F)(F)O3)CC1. The number of phenolic OH excluding ortho intramolecular Hbond substituents is 1. The molecule has 3 aromatic carbocycles. The summed E-state index contributed by atoms with van der Waals surface area (Å²) in [6, 6.07) is 15.6. The van der Waals surface area contributed by atoms with Crippen molar-refractivity contribution in [3.05, 3.63) is 81.6 Å². The molecule has 1 aliphatic carbocycles. The molecule has 0 radical (unpaired) electrons. The summed E-state index contributed by atoms with van der Waals surface area (Å²) in [6.45, 7) is -0.345. The number of aromatic hydroxyl groups is 1. The van der Waals surface area contributed by atoms with Gasteiger partial charge in [-0.05, 0) is 60.9 Å². The number of benzene rings is 3. The first kappa shape index (κ1) is 22.5. The molecule has 0 spiro atoms. The number of halogens is 3. The summed E-state index contributed by atoms with van der Waals surface area (Å²) < 4.78 is 36.9. The maximum absolute atomic E-state index is 13.5. The van der Waals surface area contributed by atoms with Crippen LogP contribution in [0.3, 0.4) is 0 Å². The van der Waals surface area contributed by atoms with E-state index in [9.17, 15) is 23.5 Å². The summed E-state index contributed by atoms with van der Waals surface area (Å²) in [7, 11) is 0. The van der Waals surface area contributed by atoms with Crippen molar-refractivity contribution in [1.82, 2.24) is 9.78 Å². The van der Waals surface area contributed by atoms with Gasteiger partial charge >= 0.3 is 6.29 Å². The van der Waals surface area contributed by atoms with E-state index in [4.69, 9.17) is 11.6 Å². The Labute approximate surface area is 207 Å². The molecule has 1 N–H and O–H groups in total. The van der Waals surface area contributed by atoms with Crippen LogP contribution >= 0.6 is 11.6 Å². The third kappa shape index (κ3) is 3.67. The van der Waals surface area contributed by atoms with E-state index in [1.807, 2.05) is 0 Å².